The van der Waals surface area contributed by atoms with E-state index in [1.54, 1.807) is 6.26 Å². The van der Waals surface area contributed by atoms with Gasteiger partial charge in [-0.2, -0.15) is 0 Å². The molecule has 1 fully saturated rings. The van der Waals surface area contributed by atoms with Crippen LogP contribution in [0.3, 0.4) is 0 Å². The molecule has 1 saturated heterocycles. The van der Waals surface area contributed by atoms with E-state index in [0.29, 0.717) is 0 Å². The summed E-state index contributed by atoms with van der Waals surface area (Å²) in [6.45, 7) is 5.21. The first kappa shape index (κ1) is 10.7. The molecule has 84 valence electrons. The van der Waals surface area contributed by atoms with E-state index in [2.05, 4.69) is 10.2 Å². The topological polar surface area (TPSA) is 48.6 Å². The lowest BCUT2D eigenvalue weighted by Crippen LogP contribution is -2.45. The molecule has 1 atom stereocenters. The molecule has 4 nitrogen and oxygen atoms in total. The zero-order valence-corrected chi connectivity index (χ0v) is 8.85. The van der Waals surface area contributed by atoms with Crippen LogP contribution in [0.15, 0.2) is 22.8 Å². The lowest BCUT2D eigenvalue weighted by Gasteiger charge is -2.29. The maximum atomic E-state index is 9.33. The van der Waals surface area contributed by atoms with Gasteiger partial charge in [-0.1, -0.05) is 0 Å². The number of nitrogens with zero attached hydrogens (tertiary/aromatic N) is 1. The Labute approximate surface area is 89.9 Å². The van der Waals surface area contributed by atoms with E-state index in [1.807, 2.05) is 12.1 Å². The number of hydrogen-bond acceptors (Lipinski definition) is 4. The van der Waals surface area contributed by atoms with Crippen LogP contribution >= 0.6 is 0 Å². The monoisotopic (exact) mass is 210 g/mol. The fourth-order valence-electron chi connectivity index (χ4n) is 1.97. The Morgan fingerprint density at radius 1 is 1.47 bits per heavy atom. The summed E-state index contributed by atoms with van der Waals surface area (Å²) in [6, 6.07) is 3.80. The van der Waals surface area contributed by atoms with Crippen LogP contribution in [-0.4, -0.2) is 49.3 Å². The highest BCUT2D eigenvalue weighted by atomic mass is 16.3. The lowest BCUT2D eigenvalue weighted by atomic mass is 10.1. The predicted octanol–water partition coefficient (Wildman–Crippen LogP) is 0.261. The van der Waals surface area contributed by atoms with Gasteiger partial charge >= 0.3 is 0 Å². The number of nitrogens with one attached hydrogen (secondary N) is 1. The first-order valence-electron chi connectivity index (χ1n) is 5.47. The number of furan rings is 1. The van der Waals surface area contributed by atoms with E-state index < -0.39 is 0 Å². The quantitative estimate of drug-likeness (QED) is 0.748. The Morgan fingerprint density at radius 3 is 2.87 bits per heavy atom. The highest BCUT2D eigenvalue weighted by Crippen LogP contribution is 2.17. The molecule has 2 N–H and O–H groups in total. The van der Waals surface area contributed by atoms with Gasteiger partial charge in [-0.25, -0.2) is 0 Å². The maximum absolute atomic E-state index is 9.33. The first-order chi connectivity index (χ1) is 7.40. The van der Waals surface area contributed by atoms with Crippen molar-refractivity contribution < 1.29 is 9.52 Å². The molecule has 0 spiro atoms. The van der Waals surface area contributed by atoms with E-state index in [0.717, 1.165) is 38.5 Å². The molecule has 1 aliphatic rings. The smallest absolute Gasteiger partial charge is 0.110 e. The Morgan fingerprint density at radius 2 is 2.27 bits per heavy atom. The van der Waals surface area contributed by atoms with Crippen molar-refractivity contribution in [2.45, 2.75) is 5.92 Å². The molecule has 1 aromatic rings. The molecule has 15 heavy (non-hydrogen) atoms. The third-order valence-electron chi connectivity index (χ3n) is 2.85. The third-order valence-corrected chi connectivity index (χ3v) is 2.85. The zero-order valence-electron chi connectivity index (χ0n) is 8.85. The number of hydrogen-bond donors (Lipinski definition) is 2. The SMILES string of the molecule is OCC(CN1CCNCC1)c1ccco1. The maximum Gasteiger partial charge on any atom is 0.110 e. The molecule has 2 heterocycles. The van der Waals surface area contributed by atoms with Crippen LogP contribution in [0.5, 0.6) is 0 Å². The van der Waals surface area contributed by atoms with Gasteiger partial charge in [-0.15, -0.1) is 0 Å². The van der Waals surface area contributed by atoms with Gasteiger partial charge in [0, 0.05) is 32.7 Å². The molecule has 0 radical (unpaired) electrons. The summed E-state index contributed by atoms with van der Waals surface area (Å²) in [5.74, 6) is 0.995. The first-order valence-corrected chi connectivity index (χ1v) is 5.47. The van der Waals surface area contributed by atoms with Gasteiger partial charge in [0.15, 0.2) is 0 Å². The minimum atomic E-state index is 0.109. The summed E-state index contributed by atoms with van der Waals surface area (Å²) in [4.78, 5) is 2.36. The van der Waals surface area contributed by atoms with Gasteiger partial charge in [0.2, 0.25) is 0 Å². The molecule has 0 saturated carbocycles. The summed E-state index contributed by atoms with van der Waals surface area (Å²) < 4.78 is 5.33. The van der Waals surface area contributed by atoms with Gasteiger partial charge in [0.1, 0.15) is 5.76 Å². The van der Waals surface area contributed by atoms with Crippen LogP contribution in [0, 0.1) is 0 Å². The summed E-state index contributed by atoms with van der Waals surface area (Å²) in [7, 11) is 0. The van der Waals surface area contributed by atoms with Crippen LogP contribution < -0.4 is 5.32 Å². The summed E-state index contributed by atoms with van der Waals surface area (Å²) >= 11 is 0. The second kappa shape index (κ2) is 5.30. The highest BCUT2D eigenvalue weighted by Gasteiger charge is 2.18. The van der Waals surface area contributed by atoms with Gasteiger partial charge in [0.05, 0.1) is 18.8 Å². The lowest BCUT2D eigenvalue weighted by molar-refractivity contribution is 0.174. The number of rotatable bonds is 4. The largest absolute Gasteiger partial charge is 0.469 e. The molecule has 2 rings (SSSR count). The van der Waals surface area contributed by atoms with Crippen LogP contribution in [-0.2, 0) is 0 Å². The van der Waals surface area contributed by atoms with Crippen molar-refractivity contribution in [3.8, 4) is 0 Å². The summed E-state index contributed by atoms with van der Waals surface area (Å²) in [6.07, 6.45) is 1.66. The van der Waals surface area contributed by atoms with Gasteiger partial charge in [-0.05, 0) is 12.1 Å². The third kappa shape index (κ3) is 2.81. The van der Waals surface area contributed by atoms with E-state index in [9.17, 15) is 5.11 Å². The Balaban J connectivity index is 1.90. The average molecular weight is 210 g/mol. The van der Waals surface area contributed by atoms with Crippen LogP contribution in [0.1, 0.15) is 11.7 Å². The van der Waals surface area contributed by atoms with Crippen molar-refractivity contribution in [1.29, 1.82) is 0 Å². The van der Waals surface area contributed by atoms with E-state index in [-0.39, 0.29) is 12.5 Å². The van der Waals surface area contributed by atoms with Crippen molar-refractivity contribution >= 4 is 0 Å². The molecular weight excluding hydrogens is 192 g/mol. The van der Waals surface area contributed by atoms with E-state index in [4.69, 9.17) is 4.42 Å². The van der Waals surface area contributed by atoms with Crippen molar-refractivity contribution in [3.05, 3.63) is 24.2 Å². The van der Waals surface area contributed by atoms with E-state index >= 15 is 0 Å². The van der Waals surface area contributed by atoms with Crippen molar-refractivity contribution in [2.75, 3.05) is 39.3 Å². The normalized spacial score (nSPS) is 20.3. The Hall–Kier alpha value is -0.840. The predicted molar refractivity (Wildman–Crippen MR) is 57.8 cm³/mol. The van der Waals surface area contributed by atoms with Crippen molar-refractivity contribution in [3.63, 3.8) is 0 Å². The average Bonchev–Trinajstić information content (AvgIpc) is 2.81. The number of aliphatic hydroxyl groups excluding tert-OH is 1. The molecule has 1 aliphatic heterocycles. The molecule has 0 bridgehead atoms. The summed E-state index contributed by atoms with van der Waals surface area (Å²) in [5.41, 5.74) is 0. The van der Waals surface area contributed by atoms with Gasteiger partial charge in [0.25, 0.3) is 0 Å². The fraction of sp³-hybridized carbons (Fsp3) is 0.636. The second-order valence-corrected chi connectivity index (χ2v) is 3.95. The molecule has 4 heteroatoms. The van der Waals surface area contributed by atoms with Crippen LogP contribution in [0.4, 0.5) is 0 Å². The molecule has 0 aromatic carbocycles. The van der Waals surface area contributed by atoms with Crippen molar-refractivity contribution in [2.24, 2.45) is 0 Å². The molecule has 1 aromatic heterocycles. The minimum absolute atomic E-state index is 0.109. The zero-order chi connectivity index (χ0) is 10.5. The standard InChI is InChI=1S/C11H18N2O2/c14-9-10(11-2-1-7-15-11)8-13-5-3-12-4-6-13/h1-2,7,10,12,14H,3-6,8-9H2. The fourth-order valence-corrected chi connectivity index (χ4v) is 1.97. The van der Waals surface area contributed by atoms with Crippen molar-refractivity contribution in [1.82, 2.24) is 10.2 Å². The Bertz CT molecular complexity index is 268. The minimum Gasteiger partial charge on any atom is -0.469 e. The molecule has 0 amide bonds. The molecule has 0 aliphatic carbocycles. The number of aliphatic hydroxyl groups is 1. The summed E-state index contributed by atoms with van der Waals surface area (Å²) in [5, 5.41) is 12.6. The number of piperazine rings is 1. The Kier molecular flexibility index (Phi) is 3.77. The molecule has 1 unspecified atom stereocenters. The second-order valence-electron chi connectivity index (χ2n) is 3.95. The van der Waals surface area contributed by atoms with E-state index in [1.165, 1.54) is 0 Å². The molecular formula is C11H18N2O2. The van der Waals surface area contributed by atoms with Crippen LogP contribution in [0.25, 0.3) is 0 Å². The van der Waals surface area contributed by atoms with Gasteiger partial charge < -0.3 is 14.8 Å². The highest BCUT2D eigenvalue weighted by molar-refractivity contribution is 5.06. The van der Waals surface area contributed by atoms with Crippen LogP contribution in [0.2, 0.25) is 0 Å². The van der Waals surface area contributed by atoms with Gasteiger partial charge in [-0.3, -0.25) is 4.90 Å².